The first kappa shape index (κ1) is 15.9. The number of alkyl halides is 3. The van der Waals surface area contributed by atoms with E-state index < -0.39 is 6.36 Å². The molecule has 114 valence electrons. The summed E-state index contributed by atoms with van der Waals surface area (Å²) < 4.78 is 40.9. The van der Waals surface area contributed by atoms with Crippen molar-refractivity contribution < 1.29 is 17.9 Å². The normalized spacial score (nSPS) is 10.9. The molecule has 0 spiro atoms. The minimum absolute atomic E-state index is 0.0338. The van der Waals surface area contributed by atoms with E-state index in [1.165, 1.54) is 30.3 Å². The predicted octanol–water partition coefficient (Wildman–Crippen LogP) is 4.12. The van der Waals surface area contributed by atoms with Gasteiger partial charge in [0.25, 0.3) is 0 Å². The van der Waals surface area contributed by atoms with E-state index >= 15 is 0 Å². The molecule has 8 heteroatoms. The smallest absolute Gasteiger partial charge is 0.405 e. The molecule has 4 nitrogen and oxygen atoms in total. The quantitative estimate of drug-likeness (QED) is 0.917. The van der Waals surface area contributed by atoms with Gasteiger partial charge >= 0.3 is 6.36 Å². The van der Waals surface area contributed by atoms with E-state index in [0.717, 1.165) is 0 Å². The van der Waals surface area contributed by atoms with Gasteiger partial charge in [0.05, 0.1) is 5.02 Å². The average Bonchev–Trinajstić information content (AvgIpc) is 2.46. The molecule has 0 radical (unpaired) electrons. The standard InChI is InChI=1S/C14H9ClF3N3O/c15-10-5-6-13(21-11(10)7-19)20-8-9-3-1-2-4-12(9)22-14(16,17)18/h1-6H,8H2,(H,20,21). The maximum atomic E-state index is 12.3. The molecule has 1 aromatic heterocycles. The van der Waals surface area contributed by atoms with E-state index in [1.807, 2.05) is 6.07 Å². The Morgan fingerprint density at radius 3 is 2.64 bits per heavy atom. The van der Waals surface area contributed by atoms with Gasteiger partial charge in [0.1, 0.15) is 17.6 Å². The van der Waals surface area contributed by atoms with Crippen LogP contribution in [-0.2, 0) is 6.54 Å². The third-order valence-corrected chi connectivity index (χ3v) is 2.92. The molecule has 0 atom stereocenters. The molecular formula is C14H9ClF3N3O. The number of aromatic nitrogens is 1. The average molecular weight is 328 g/mol. The van der Waals surface area contributed by atoms with Crippen LogP contribution in [0.3, 0.4) is 0 Å². The highest BCUT2D eigenvalue weighted by Gasteiger charge is 2.31. The number of para-hydroxylation sites is 1. The number of hydrogen-bond acceptors (Lipinski definition) is 4. The number of nitriles is 1. The number of anilines is 1. The highest BCUT2D eigenvalue weighted by molar-refractivity contribution is 6.31. The molecule has 0 fully saturated rings. The lowest BCUT2D eigenvalue weighted by Gasteiger charge is -2.14. The van der Waals surface area contributed by atoms with E-state index in [-0.39, 0.29) is 23.0 Å². The van der Waals surface area contributed by atoms with Gasteiger partial charge in [-0.15, -0.1) is 13.2 Å². The van der Waals surface area contributed by atoms with Crippen molar-refractivity contribution in [2.75, 3.05) is 5.32 Å². The molecule has 1 N–H and O–H groups in total. The van der Waals surface area contributed by atoms with E-state index in [0.29, 0.717) is 11.4 Å². The molecule has 22 heavy (non-hydrogen) atoms. The molecule has 2 rings (SSSR count). The highest BCUT2D eigenvalue weighted by Crippen LogP contribution is 2.26. The maximum Gasteiger partial charge on any atom is 0.573 e. The first-order chi connectivity index (χ1) is 10.4. The van der Waals surface area contributed by atoms with Gasteiger partial charge in [-0.2, -0.15) is 5.26 Å². The fourth-order valence-electron chi connectivity index (χ4n) is 1.68. The molecular weight excluding hydrogens is 319 g/mol. The molecule has 0 unspecified atom stereocenters. The maximum absolute atomic E-state index is 12.3. The van der Waals surface area contributed by atoms with Crippen molar-refractivity contribution in [3.8, 4) is 11.8 Å². The summed E-state index contributed by atoms with van der Waals surface area (Å²) in [4.78, 5) is 3.94. The fraction of sp³-hybridized carbons (Fsp3) is 0.143. The van der Waals surface area contributed by atoms with Crippen LogP contribution in [0.2, 0.25) is 5.02 Å². The van der Waals surface area contributed by atoms with Gasteiger partial charge in [-0.1, -0.05) is 29.8 Å². The van der Waals surface area contributed by atoms with Crippen molar-refractivity contribution in [1.29, 1.82) is 5.26 Å². The molecule has 1 heterocycles. The lowest BCUT2D eigenvalue weighted by Crippen LogP contribution is -2.18. The third kappa shape index (κ3) is 4.27. The summed E-state index contributed by atoms with van der Waals surface area (Å²) in [5, 5.41) is 11.9. The largest absolute Gasteiger partial charge is 0.573 e. The molecule has 1 aromatic carbocycles. The fourth-order valence-corrected chi connectivity index (χ4v) is 1.83. The summed E-state index contributed by atoms with van der Waals surface area (Å²) >= 11 is 5.75. The summed E-state index contributed by atoms with van der Waals surface area (Å²) in [6, 6.07) is 10.6. The van der Waals surface area contributed by atoms with Crippen molar-refractivity contribution in [3.05, 3.63) is 52.7 Å². The molecule has 2 aromatic rings. The van der Waals surface area contributed by atoms with E-state index in [1.54, 1.807) is 6.07 Å². The summed E-state index contributed by atoms with van der Waals surface area (Å²) in [7, 11) is 0. The number of halogens is 4. The highest BCUT2D eigenvalue weighted by atomic mass is 35.5. The lowest BCUT2D eigenvalue weighted by atomic mass is 10.2. The Bertz CT molecular complexity index is 713. The SMILES string of the molecule is N#Cc1nc(NCc2ccccc2OC(F)(F)F)ccc1Cl. The number of pyridine rings is 1. The number of benzene rings is 1. The van der Waals surface area contributed by atoms with Crippen LogP contribution in [0.15, 0.2) is 36.4 Å². The molecule has 0 aliphatic heterocycles. The van der Waals surface area contributed by atoms with Crippen LogP contribution in [0.25, 0.3) is 0 Å². The molecule has 0 bridgehead atoms. The lowest BCUT2D eigenvalue weighted by molar-refractivity contribution is -0.274. The van der Waals surface area contributed by atoms with Gasteiger partial charge in [0, 0.05) is 12.1 Å². The summed E-state index contributed by atoms with van der Waals surface area (Å²) in [5.74, 6) is 0.0275. The van der Waals surface area contributed by atoms with Crippen LogP contribution in [0.5, 0.6) is 5.75 Å². The minimum atomic E-state index is -4.76. The van der Waals surface area contributed by atoms with Crippen LogP contribution in [0.4, 0.5) is 19.0 Å². The second-order valence-electron chi connectivity index (χ2n) is 4.15. The van der Waals surface area contributed by atoms with Crippen LogP contribution in [0.1, 0.15) is 11.3 Å². The van der Waals surface area contributed by atoms with Gasteiger partial charge in [-0.05, 0) is 18.2 Å². The number of nitrogens with zero attached hydrogens (tertiary/aromatic N) is 2. The van der Waals surface area contributed by atoms with Crippen molar-refractivity contribution in [2.45, 2.75) is 12.9 Å². The Labute approximate surface area is 129 Å². The minimum Gasteiger partial charge on any atom is -0.405 e. The van der Waals surface area contributed by atoms with Gasteiger partial charge in [0.2, 0.25) is 0 Å². The van der Waals surface area contributed by atoms with Gasteiger partial charge in [0.15, 0.2) is 5.69 Å². The van der Waals surface area contributed by atoms with E-state index in [9.17, 15) is 13.2 Å². The Morgan fingerprint density at radius 2 is 1.95 bits per heavy atom. The van der Waals surface area contributed by atoms with Crippen molar-refractivity contribution >= 4 is 17.4 Å². The predicted molar refractivity (Wildman–Crippen MR) is 74.4 cm³/mol. The van der Waals surface area contributed by atoms with E-state index in [2.05, 4.69) is 15.0 Å². The van der Waals surface area contributed by atoms with Crippen molar-refractivity contribution in [3.63, 3.8) is 0 Å². The molecule has 0 aliphatic carbocycles. The number of hydrogen-bond donors (Lipinski definition) is 1. The molecule has 0 amide bonds. The molecule has 0 saturated heterocycles. The summed E-state index contributed by atoms with van der Waals surface area (Å²) in [6.45, 7) is 0.0474. The Balaban J connectivity index is 2.14. The zero-order chi connectivity index (χ0) is 16.2. The van der Waals surface area contributed by atoms with Gasteiger partial charge < -0.3 is 10.1 Å². The van der Waals surface area contributed by atoms with Gasteiger partial charge in [-0.3, -0.25) is 0 Å². The van der Waals surface area contributed by atoms with E-state index in [4.69, 9.17) is 16.9 Å². The molecule has 0 saturated carbocycles. The number of nitrogens with one attached hydrogen (secondary N) is 1. The zero-order valence-electron chi connectivity index (χ0n) is 11.0. The number of ether oxygens (including phenoxy) is 1. The summed E-state index contributed by atoms with van der Waals surface area (Å²) in [6.07, 6.45) is -4.76. The second kappa shape index (κ2) is 6.54. The van der Waals surface area contributed by atoms with Crippen LogP contribution in [0, 0.1) is 11.3 Å². The zero-order valence-corrected chi connectivity index (χ0v) is 11.7. The first-order valence-electron chi connectivity index (χ1n) is 6.03. The Hall–Kier alpha value is -2.46. The summed E-state index contributed by atoms with van der Waals surface area (Å²) in [5.41, 5.74) is 0.335. The first-order valence-corrected chi connectivity index (χ1v) is 6.41. The third-order valence-electron chi connectivity index (χ3n) is 2.61. The second-order valence-corrected chi connectivity index (χ2v) is 4.56. The van der Waals surface area contributed by atoms with Crippen LogP contribution >= 0.6 is 11.6 Å². The monoisotopic (exact) mass is 327 g/mol. The molecule has 0 aliphatic rings. The Kier molecular flexibility index (Phi) is 4.73. The number of rotatable bonds is 4. The Morgan fingerprint density at radius 1 is 1.23 bits per heavy atom. The van der Waals surface area contributed by atoms with Crippen LogP contribution < -0.4 is 10.1 Å². The van der Waals surface area contributed by atoms with Crippen molar-refractivity contribution in [2.24, 2.45) is 0 Å². The van der Waals surface area contributed by atoms with Gasteiger partial charge in [-0.25, -0.2) is 4.98 Å². The van der Waals surface area contributed by atoms with Crippen LogP contribution in [-0.4, -0.2) is 11.3 Å². The van der Waals surface area contributed by atoms with Crippen molar-refractivity contribution in [1.82, 2.24) is 4.98 Å². The topological polar surface area (TPSA) is 57.9 Å².